The fourth-order valence-electron chi connectivity index (χ4n) is 4.55. The van der Waals surface area contributed by atoms with E-state index in [1.165, 1.54) is 77.0 Å². The Hall–Kier alpha value is -1.35. The molecule has 0 spiro atoms. The lowest BCUT2D eigenvalue weighted by atomic mass is 9.60. The Balaban J connectivity index is 2.09. The number of aliphatic hydroxyl groups excluding tert-OH is 1. The minimum Gasteiger partial charge on any atom is -0.462 e. The first kappa shape index (κ1) is 30.7. The molecule has 0 saturated heterocycles. The van der Waals surface area contributed by atoms with Crippen LogP contribution in [0.5, 0.6) is 0 Å². The molecule has 0 amide bonds. The Bertz CT molecular complexity index is 643. The zero-order valence-corrected chi connectivity index (χ0v) is 23.0. The third-order valence-electron chi connectivity index (χ3n) is 7.99. The lowest BCUT2D eigenvalue weighted by Crippen LogP contribution is -2.44. The number of esters is 1. The molecule has 0 bridgehead atoms. The molecule has 0 fully saturated rings. The van der Waals surface area contributed by atoms with Crippen molar-refractivity contribution in [1.82, 2.24) is 0 Å². The first-order valence-corrected chi connectivity index (χ1v) is 14.2. The molecule has 3 heteroatoms. The molecule has 0 radical (unpaired) electrons. The van der Waals surface area contributed by atoms with E-state index in [0.29, 0.717) is 12.2 Å². The van der Waals surface area contributed by atoms with E-state index in [1.54, 1.807) is 12.2 Å². The van der Waals surface area contributed by atoms with Gasteiger partial charge in [-0.3, -0.25) is 0 Å². The summed E-state index contributed by atoms with van der Waals surface area (Å²) in [6.45, 7) is 11.2. The summed E-state index contributed by atoms with van der Waals surface area (Å²) in [7, 11) is 0. The minimum absolute atomic E-state index is 0.119. The molecule has 0 aromatic rings. The highest BCUT2D eigenvalue weighted by Crippen LogP contribution is 2.48. The van der Waals surface area contributed by atoms with E-state index in [-0.39, 0.29) is 11.4 Å². The highest BCUT2D eigenvalue weighted by atomic mass is 16.5. The molecule has 196 valence electrons. The molecule has 1 aliphatic carbocycles. The Morgan fingerprint density at radius 2 is 1.47 bits per heavy atom. The number of aliphatic hydroxyl groups is 1. The normalized spacial score (nSPS) is 20.6. The third-order valence-corrected chi connectivity index (χ3v) is 7.99. The minimum atomic E-state index is -0.588. The van der Waals surface area contributed by atoms with Crippen LogP contribution in [0.25, 0.3) is 0 Å². The topological polar surface area (TPSA) is 46.5 Å². The maximum atomic E-state index is 12.5. The fraction of sp³-hybridized carbons (Fsp3) is 0.774. The van der Waals surface area contributed by atoms with Crippen LogP contribution in [-0.2, 0) is 9.53 Å². The van der Waals surface area contributed by atoms with Crippen LogP contribution in [0, 0.1) is 10.8 Å². The second-order valence-corrected chi connectivity index (χ2v) is 11.0. The third kappa shape index (κ3) is 10.9. The van der Waals surface area contributed by atoms with Gasteiger partial charge in [0, 0.05) is 5.41 Å². The van der Waals surface area contributed by atoms with Crippen molar-refractivity contribution >= 4 is 5.97 Å². The van der Waals surface area contributed by atoms with Crippen LogP contribution in [-0.4, -0.2) is 23.8 Å². The van der Waals surface area contributed by atoms with Crippen LogP contribution in [0.3, 0.4) is 0 Å². The van der Waals surface area contributed by atoms with Crippen molar-refractivity contribution in [2.45, 2.75) is 137 Å². The predicted octanol–water partition coefficient (Wildman–Crippen LogP) is 8.87. The second-order valence-electron chi connectivity index (χ2n) is 11.0. The molecule has 0 heterocycles. The van der Waals surface area contributed by atoms with Gasteiger partial charge in [0.25, 0.3) is 0 Å². The maximum absolute atomic E-state index is 12.5. The van der Waals surface area contributed by atoms with E-state index in [2.05, 4.69) is 39.8 Å². The average molecular weight is 475 g/mol. The van der Waals surface area contributed by atoms with Gasteiger partial charge in [0.1, 0.15) is 0 Å². The molecule has 1 N–H and O–H groups in total. The molecule has 2 atom stereocenters. The van der Waals surface area contributed by atoms with Crippen LogP contribution in [0.4, 0.5) is 0 Å². The summed E-state index contributed by atoms with van der Waals surface area (Å²) in [6.07, 6.45) is 28.2. The molecule has 2 unspecified atom stereocenters. The molecule has 0 aromatic carbocycles. The number of rotatable bonds is 19. The quantitative estimate of drug-likeness (QED) is 0.115. The summed E-state index contributed by atoms with van der Waals surface area (Å²) in [5, 5.41) is 10.5. The second kappa shape index (κ2) is 17.1. The van der Waals surface area contributed by atoms with E-state index in [1.807, 2.05) is 13.0 Å². The van der Waals surface area contributed by atoms with Gasteiger partial charge in [-0.15, -0.1) is 0 Å². The summed E-state index contributed by atoms with van der Waals surface area (Å²) in [5.74, 6) is -0.269. The summed E-state index contributed by atoms with van der Waals surface area (Å²) in [5.41, 5.74) is -0.0282. The zero-order chi connectivity index (χ0) is 25.3. The van der Waals surface area contributed by atoms with Gasteiger partial charge in [0.2, 0.25) is 0 Å². The van der Waals surface area contributed by atoms with Crippen molar-refractivity contribution in [1.29, 1.82) is 0 Å². The van der Waals surface area contributed by atoms with E-state index >= 15 is 0 Å². The average Bonchev–Trinajstić information content (AvgIpc) is 2.82. The SMILES string of the molecule is CCCCCCCC/C=C\CCCCCCCCOC(=O)C1=CC(C)(C(C)(C)CC)C(O)C=C1. The van der Waals surface area contributed by atoms with Crippen molar-refractivity contribution in [3.63, 3.8) is 0 Å². The number of carbonyl (C=O) groups excluding carboxylic acids is 1. The molecule has 0 saturated carbocycles. The summed E-state index contributed by atoms with van der Waals surface area (Å²) in [6, 6.07) is 0. The molecular formula is C31H54O3. The number of ether oxygens (including phenoxy) is 1. The molecule has 3 nitrogen and oxygen atoms in total. The largest absolute Gasteiger partial charge is 0.462 e. The molecule has 1 rings (SSSR count). The molecule has 34 heavy (non-hydrogen) atoms. The van der Waals surface area contributed by atoms with E-state index < -0.39 is 11.5 Å². The molecule has 1 aliphatic rings. The molecular weight excluding hydrogens is 420 g/mol. The molecule has 0 aromatic heterocycles. The highest BCUT2D eigenvalue weighted by molar-refractivity contribution is 5.92. The van der Waals surface area contributed by atoms with Gasteiger partial charge >= 0.3 is 5.97 Å². The van der Waals surface area contributed by atoms with Crippen molar-refractivity contribution in [3.8, 4) is 0 Å². The zero-order valence-electron chi connectivity index (χ0n) is 23.0. The summed E-state index contributed by atoms with van der Waals surface area (Å²) in [4.78, 5) is 12.5. The van der Waals surface area contributed by atoms with E-state index in [0.717, 1.165) is 19.3 Å². The van der Waals surface area contributed by atoms with Gasteiger partial charge in [-0.25, -0.2) is 4.79 Å². The Morgan fingerprint density at radius 1 is 0.941 bits per heavy atom. The van der Waals surface area contributed by atoms with Gasteiger partial charge in [0.05, 0.1) is 18.3 Å². The summed E-state index contributed by atoms with van der Waals surface area (Å²) >= 11 is 0. The lowest BCUT2D eigenvalue weighted by molar-refractivity contribution is -0.139. The Morgan fingerprint density at radius 3 is 2.03 bits per heavy atom. The van der Waals surface area contributed by atoms with Gasteiger partial charge in [-0.05, 0) is 43.6 Å². The van der Waals surface area contributed by atoms with Crippen LogP contribution >= 0.6 is 0 Å². The van der Waals surface area contributed by atoms with Crippen LogP contribution in [0.2, 0.25) is 0 Å². The van der Waals surface area contributed by atoms with Crippen LogP contribution in [0.1, 0.15) is 131 Å². The van der Waals surface area contributed by atoms with E-state index in [9.17, 15) is 9.90 Å². The van der Waals surface area contributed by atoms with Crippen molar-refractivity contribution in [2.24, 2.45) is 10.8 Å². The van der Waals surface area contributed by atoms with Gasteiger partial charge < -0.3 is 9.84 Å². The van der Waals surface area contributed by atoms with E-state index in [4.69, 9.17) is 4.74 Å². The standard InChI is InChI=1S/C31H54O3/c1-6-8-9-10-11-12-13-14-15-16-17-18-19-20-21-22-25-34-29(33)27-23-24-28(32)31(5,26-27)30(3,4)7-2/h14-15,23-24,26,28,32H,6-13,16-22,25H2,1-5H3/b15-14-. The van der Waals surface area contributed by atoms with Crippen molar-refractivity contribution in [2.75, 3.05) is 6.61 Å². The molecule has 0 aliphatic heterocycles. The Labute approximate surface area is 211 Å². The summed E-state index contributed by atoms with van der Waals surface area (Å²) < 4.78 is 5.53. The first-order valence-electron chi connectivity index (χ1n) is 14.2. The van der Waals surface area contributed by atoms with Gasteiger partial charge in [-0.1, -0.05) is 123 Å². The van der Waals surface area contributed by atoms with Crippen LogP contribution in [0.15, 0.2) is 36.0 Å². The van der Waals surface area contributed by atoms with Crippen molar-refractivity contribution < 1.29 is 14.6 Å². The van der Waals surface area contributed by atoms with Crippen molar-refractivity contribution in [3.05, 3.63) is 36.0 Å². The lowest BCUT2D eigenvalue weighted by Gasteiger charge is -2.46. The number of hydrogen-bond acceptors (Lipinski definition) is 3. The number of carbonyl (C=O) groups is 1. The predicted molar refractivity (Wildman–Crippen MR) is 146 cm³/mol. The first-order chi connectivity index (χ1) is 16.3. The maximum Gasteiger partial charge on any atom is 0.337 e. The fourth-order valence-corrected chi connectivity index (χ4v) is 4.55. The monoisotopic (exact) mass is 474 g/mol. The smallest absolute Gasteiger partial charge is 0.337 e. The van der Waals surface area contributed by atoms with Gasteiger partial charge in [-0.2, -0.15) is 0 Å². The van der Waals surface area contributed by atoms with Gasteiger partial charge in [0.15, 0.2) is 0 Å². The number of allylic oxidation sites excluding steroid dienone is 2. The highest BCUT2D eigenvalue weighted by Gasteiger charge is 2.44. The van der Waals surface area contributed by atoms with Crippen LogP contribution < -0.4 is 0 Å². The number of hydrogen-bond donors (Lipinski definition) is 1. The Kier molecular flexibility index (Phi) is 15.5. The number of unbranched alkanes of at least 4 members (excludes halogenated alkanes) is 12.